The van der Waals surface area contributed by atoms with E-state index >= 15 is 0 Å². The zero-order valence-electron chi connectivity index (χ0n) is 9.40. The zero-order chi connectivity index (χ0) is 10.7. The predicted octanol–water partition coefficient (Wildman–Crippen LogP) is 1.29. The summed E-state index contributed by atoms with van der Waals surface area (Å²) in [5, 5.41) is 9.64. The topological polar surface area (TPSA) is 55.5 Å². The van der Waals surface area contributed by atoms with E-state index in [4.69, 9.17) is 10.5 Å². The third-order valence-corrected chi connectivity index (χ3v) is 4.06. The van der Waals surface area contributed by atoms with Crippen molar-refractivity contribution >= 4 is 0 Å². The van der Waals surface area contributed by atoms with Gasteiger partial charge in [-0.3, -0.25) is 0 Å². The predicted molar refractivity (Wildman–Crippen MR) is 59.5 cm³/mol. The monoisotopic (exact) mass is 213 g/mol. The van der Waals surface area contributed by atoms with Gasteiger partial charge in [-0.15, -0.1) is 0 Å². The lowest BCUT2D eigenvalue weighted by atomic mass is 9.97. The molecule has 3 N–H and O–H groups in total. The lowest BCUT2D eigenvalue weighted by Gasteiger charge is -2.22. The fraction of sp³-hybridized carbons (Fsp3) is 1.00. The molecule has 4 unspecified atom stereocenters. The lowest BCUT2D eigenvalue weighted by Crippen LogP contribution is -2.28. The minimum absolute atomic E-state index is 0.101. The van der Waals surface area contributed by atoms with E-state index < -0.39 is 0 Å². The van der Waals surface area contributed by atoms with Crippen molar-refractivity contribution in [3.63, 3.8) is 0 Å². The van der Waals surface area contributed by atoms with Gasteiger partial charge in [0.15, 0.2) is 0 Å². The van der Waals surface area contributed by atoms with Gasteiger partial charge in [0, 0.05) is 0 Å². The standard InChI is InChI=1S/C12H23NO2/c13-7-9-3-1-4-10(9)8-15-12-6-2-5-11(12)14/h9-12,14H,1-8,13H2. The van der Waals surface area contributed by atoms with Crippen molar-refractivity contribution in [1.82, 2.24) is 0 Å². The van der Waals surface area contributed by atoms with Crippen molar-refractivity contribution in [2.75, 3.05) is 13.2 Å². The molecule has 0 heterocycles. The second kappa shape index (κ2) is 5.28. The van der Waals surface area contributed by atoms with E-state index in [0.717, 1.165) is 32.4 Å². The zero-order valence-corrected chi connectivity index (χ0v) is 9.40. The number of nitrogens with two attached hydrogens (primary N) is 1. The van der Waals surface area contributed by atoms with Crippen molar-refractivity contribution in [2.24, 2.45) is 17.6 Å². The summed E-state index contributed by atoms with van der Waals surface area (Å²) < 4.78 is 5.83. The molecule has 0 spiro atoms. The molecule has 0 aromatic rings. The average Bonchev–Trinajstić information content (AvgIpc) is 2.83. The van der Waals surface area contributed by atoms with E-state index in [1.165, 1.54) is 19.3 Å². The SMILES string of the molecule is NCC1CCCC1COC1CCCC1O. The number of hydrogen-bond donors (Lipinski definition) is 2. The van der Waals surface area contributed by atoms with Crippen molar-refractivity contribution < 1.29 is 9.84 Å². The molecular formula is C12H23NO2. The minimum Gasteiger partial charge on any atom is -0.390 e. The molecule has 15 heavy (non-hydrogen) atoms. The van der Waals surface area contributed by atoms with Crippen molar-refractivity contribution in [2.45, 2.75) is 50.7 Å². The fourth-order valence-electron chi connectivity index (χ4n) is 2.99. The van der Waals surface area contributed by atoms with Gasteiger partial charge in [0.05, 0.1) is 18.8 Å². The Morgan fingerprint density at radius 2 is 1.80 bits per heavy atom. The molecule has 2 aliphatic carbocycles. The van der Waals surface area contributed by atoms with Crippen LogP contribution in [0.4, 0.5) is 0 Å². The van der Waals surface area contributed by atoms with Gasteiger partial charge in [0.25, 0.3) is 0 Å². The molecule has 2 fully saturated rings. The van der Waals surface area contributed by atoms with E-state index in [-0.39, 0.29) is 12.2 Å². The lowest BCUT2D eigenvalue weighted by molar-refractivity contribution is -0.0362. The Morgan fingerprint density at radius 1 is 1.07 bits per heavy atom. The molecule has 88 valence electrons. The summed E-state index contributed by atoms with van der Waals surface area (Å²) in [4.78, 5) is 0. The van der Waals surface area contributed by atoms with Gasteiger partial charge in [-0.05, 0) is 50.5 Å². The van der Waals surface area contributed by atoms with Crippen LogP contribution in [-0.2, 0) is 4.74 Å². The van der Waals surface area contributed by atoms with Crippen LogP contribution >= 0.6 is 0 Å². The summed E-state index contributed by atoms with van der Waals surface area (Å²) in [6.45, 7) is 1.60. The molecule has 0 aromatic heterocycles. The second-order valence-corrected chi connectivity index (χ2v) is 5.06. The van der Waals surface area contributed by atoms with Crippen LogP contribution in [-0.4, -0.2) is 30.5 Å². The summed E-state index contributed by atoms with van der Waals surface area (Å²) >= 11 is 0. The van der Waals surface area contributed by atoms with Gasteiger partial charge in [-0.1, -0.05) is 6.42 Å². The average molecular weight is 213 g/mol. The van der Waals surface area contributed by atoms with Crippen LogP contribution in [0.15, 0.2) is 0 Å². The minimum atomic E-state index is -0.220. The maximum atomic E-state index is 9.64. The highest BCUT2D eigenvalue weighted by Gasteiger charge is 2.30. The highest BCUT2D eigenvalue weighted by atomic mass is 16.5. The largest absolute Gasteiger partial charge is 0.390 e. The number of rotatable bonds is 4. The van der Waals surface area contributed by atoms with Gasteiger partial charge in [0.1, 0.15) is 0 Å². The molecule has 2 saturated carbocycles. The third-order valence-electron chi connectivity index (χ3n) is 4.06. The summed E-state index contributed by atoms with van der Waals surface area (Å²) in [6, 6.07) is 0. The van der Waals surface area contributed by atoms with Crippen LogP contribution in [0.3, 0.4) is 0 Å². The number of hydrogen-bond acceptors (Lipinski definition) is 3. The van der Waals surface area contributed by atoms with Crippen LogP contribution in [0, 0.1) is 11.8 Å². The molecule has 0 saturated heterocycles. The smallest absolute Gasteiger partial charge is 0.0834 e. The quantitative estimate of drug-likeness (QED) is 0.740. The molecule has 0 bridgehead atoms. The van der Waals surface area contributed by atoms with Gasteiger partial charge >= 0.3 is 0 Å². The normalized spacial score (nSPS) is 41.2. The first-order chi connectivity index (χ1) is 7.31. The van der Waals surface area contributed by atoms with E-state index in [0.29, 0.717) is 11.8 Å². The fourth-order valence-corrected chi connectivity index (χ4v) is 2.99. The van der Waals surface area contributed by atoms with E-state index in [1.54, 1.807) is 0 Å². The Kier molecular flexibility index (Phi) is 4.00. The first kappa shape index (κ1) is 11.4. The summed E-state index contributed by atoms with van der Waals surface area (Å²) in [5.41, 5.74) is 5.73. The molecule has 3 heteroatoms. The van der Waals surface area contributed by atoms with Gasteiger partial charge in [0.2, 0.25) is 0 Å². The molecule has 0 aliphatic heterocycles. The molecular weight excluding hydrogens is 190 g/mol. The Balaban J connectivity index is 1.72. The van der Waals surface area contributed by atoms with E-state index in [2.05, 4.69) is 0 Å². The van der Waals surface area contributed by atoms with Crippen LogP contribution < -0.4 is 5.73 Å². The molecule has 3 nitrogen and oxygen atoms in total. The Labute approximate surface area is 92.0 Å². The van der Waals surface area contributed by atoms with Gasteiger partial charge < -0.3 is 15.6 Å². The highest BCUT2D eigenvalue weighted by molar-refractivity contribution is 4.81. The van der Waals surface area contributed by atoms with Gasteiger partial charge in [-0.2, -0.15) is 0 Å². The summed E-state index contributed by atoms with van der Waals surface area (Å²) in [7, 11) is 0. The third kappa shape index (κ3) is 2.71. The number of aliphatic hydroxyl groups excluding tert-OH is 1. The summed E-state index contributed by atoms with van der Waals surface area (Å²) in [5.74, 6) is 1.30. The van der Waals surface area contributed by atoms with E-state index in [9.17, 15) is 5.11 Å². The molecule has 2 aliphatic rings. The van der Waals surface area contributed by atoms with Crippen molar-refractivity contribution in [3.8, 4) is 0 Å². The molecule has 4 atom stereocenters. The van der Waals surface area contributed by atoms with Gasteiger partial charge in [-0.25, -0.2) is 0 Å². The van der Waals surface area contributed by atoms with Crippen molar-refractivity contribution in [1.29, 1.82) is 0 Å². The van der Waals surface area contributed by atoms with E-state index in [1.807, 2.05) is 0 Å². The number of aliphatic hydroxyl groups is 1. The summed E-state index contributed by atoms with van der Waals surface area (Å²) in [6.07, 6.45) is 6.74. The van der Waals surface area contributed by atoms with Crippen LogP contribution in [0.5, 0.6) is 0 Å². The molecule has 0 amide bonds. The second-order valence-electron chi connectivity index (χ2n) is 5.06. The number of ether oxygens (including phenoxy) is 1. The van der Waals surface area contributed by atoms with Crippen LogP contribution in [0.25, 0.3) is 0 Å². The first-order valence-electron chi connectivity index (χ1n) is 6.31. The maximum absolute atomic E-state index is 9.64. The van der Waals surface area contributed by atoms with Crippen LogP contribution in [0.2, 0.25) is 0 Å². The molecule has 2 rings (SSSR count). The molecule has 0 aromatic carbocycles. The first-order valence-corrected chi connectivity index (χ1v) is 6.31. The highest BCUT2D eigenvalue weighted by Crippen LogP contribution is 2.32. The van der Waals surface area contributed by atoms with Crippen LogP contribution in [0.1, 0.15) is 38.5 Å². The van der Waals surface area contributed by atoms with Crippen molar-refractivity contribution in [3.05, 3.63) is 0 Å². The molecule has 0 radical (unpaired) electrons. The Morgan fingerprint density at radius 3 is 2.47 bits per heavy atom. The Bertz CT molecular complexity index is 198. The Hall–Kier alpha value is -0.120. The maximum Gasteiger partial charge on any atom is 0.0834 e.